The second-order valence-corrected chi connectivity index (χ2v) is 4.18. The molecule has 0 unspecified atom stereocenters. The van der Waals surface area contributed by atoms with Crippen LogP contribution in [-0.4, -0.2) is 38.2 Å². The third-order valence-corrected chi connectivity index (χ3v) is 2.32. The van der Waals surface area contributed by atoms with E-state index in [0.29, 0.717) is 0 Å². The van der Waals surface area contributed by atoms with Gasteiger partial charge >= 0.3 is 0 Å². The van der Waals surface area contributed by atoms with Crippen LogP contribution < -0.4 is 0 Å². The van der Waals surface area contributed by atoms with Crippen molar-refractivity contribution in [1.82, 2.24) is 4.98 Å². The fraction of sp³-hybridized carbons (Fsp3) is 0.235. The fourth-order valence-corrected chi connectivity index (χ4v) is 0.589. The van der Waals surface area contributed by atoms with Crippen LogP contribution >= 0.6 is 0 Å². The Morgan fingerprint density at radius 1 is 0.889 bits per heavy atom. The van der Waals surface area contributed by atoms with Crippen molar-refractivity contribution in [2.75, 3.05) is 0 Å². The van der Waals surface area contributed by atoms with Crippen LogP contribution in [-0.2, 0) is 16.8 Å². The van der Waals surface area contributed by atoms with Gasteiger partial charge in [0, 0.05) is 29.2 Å². The molecule has 1 rings (SSSR count). The Morgan fingerprint density at radius 2 is 1.22 bits per heavy atom. The molecule has 0 aliphatic rings. The van der Waals surface area contributed by atoms with E-state index in [1.54, 1.807) is 12.4 Å². The minimum atomic E-state index is 0. The van der Waals surface area contributed by atoms with Gasteiger partial charge in [0.05, 0.1) is 22.8 Å². The van der Waals surface area contributed by atoms with E-state index in [-0.39, 0.29) is 39.6 Å². The second-order valence-electron chi connectivity index (χ2n) is 4.18. The Hall–Kier alpha value is -2.98. The van der Waals surface area contributed by atoms with E-state index in [2.05, 4.69) is 32.2 Å². The molecule has 0 aliphatic heterocycles. The van der Waals surface area contributed by atoms with E-state index in [9.17, 15) is 10.4 Å². The average Bonchev–Trinajstić information content (AvgIpc) is 2.73. The van der Waals surface area contributed by atoms with Crippen molar-refractivity contribution >= 4 is 22.8 Å². The van der Waals surface area contributed by atoms with E-state index >= 15 is 0 Å². The molecule has 0 amide bonds. The summed E-state index contributed by atoms with van der Waals surface area (Å²) in [5, 5.41) is 45.8. The van der Waals surface area contributed by atoms with Crippen molar-refractivity contribution in [1.29, 1.82) is 0 Å². The van der Waals surface area contributed by atoms with Crippen LogP contribution in [0.1, 0.15) is 27.7 Å². The van der Waals surface area contributed by atoms with Crippen LogP contribution in [0.2, 0.25) is 0 Å². The van der Waals surface area contributed by atoms with Crippen molar-refractivity contribution in [2.24, 2.45) is 20.6 Å². The van der Waals surface area contributed by atoms with Gasteiger partial charge in [0.15, 0.2) is 0 Å². The zero-order chi connectivity index (χ0) is 20.8. The topological polar surface area (TPSA) is 149 Å². The van der Waals surface area contributed by atoms with E-state index in [0.717, 1.165) is 0 Å². The van der Waals surface area contributed by atoms with E-state index in [1.807, 2.05) is 18.2 Å². The average molecular weight is 421 g/mol. The van der Waals surface area contributed by atoms with Gasteiger partial charge in [0.2, 0.25) is 0 Å². The molecule has 0 aliphatic carbocycles. The third-order valence-electron chi connectivity index (χ3n) is 2.32. The predicted molar refractivity (Wildman–Crippen MR) is 106 cm³/mol. The van der Waals surface area contributed by atoms with Crippen molar-refractivity contribution in [3.63, 3.8) is 0 Å². The summed E-state index contributed by atoms with van der Waals surface area (Å²) in [6.45, 7) is 14.0. The molecule has 1 aromatic heterocycles. The first-order chi connectivity index (χ1) is 12.4. The minimum absolute atomic E-state index is 0. The third kappa shape index (κ3) is 25.4. The molecule has 1 heterocycles. The first-order valence-electron chi connectivity index (χ1n) is 7.08. The van der Waals surface area contributed by atoms with Gasteiger partial charge in [-0.3, -0.25) is 11.6 Å². The van der Waals surface area contributed by atoms with Crippen LogP contribution in [0.25, 0.3) is 0 Å². The molecule has 2 N–H and O–H groups in total. The zero-order valence-corrected chi connectivity index (χ0v) is 16.6. The molecule has 0 fully saturated rings. The van der Waals surface area contributed by atoms with Crippen LogP contribution in [0.15, 0.2) is 69.9 Å². The maximum absolute atomic E-state index is 9.63. The van der Waals surface area contributed by atoms with Crippen LogP contribution in [0.4, 0.5) is 0 Å². The van der Waals surface area contributed by atoms with E-state index in [1.165, 1.54) is 39.8 Å². The number of hydrogen-bond donors (Lipinski definition) is 2. The molecule has 0 bridgehead atoms. The number of nitrogens with zero attached hydrogens (tertiary/aromatic N) is 5. The fourth-order valence-electron chi connectivity index (χ4n) is 0.589. The van der Waals surface area contributed by atoms with Gasteiger partial charge in [-0.15, -0.1) is 0 Å². The van der Waals surface area contributed by atoms with Crippen molar-refractivity contribution in [2.45, 2.75) is 27.7 Å². The van der Waals surface area contributed by atoms with Gasteiger partial charge in [-0.05, 0) is 39.8 Å². The van der Waals surface area contributed by atoms with Crippen LogP contribution in [0.3, 0.4) is 0 Å². The minimum Gasteiger partial charge on any atom is -0.792 e. The van der Waals surface area contributed by atoms with Gasteiger partial charge < -0.3 is 31.1 Å². The summed E-state index contributed by atoms with van der Waals surface area (Å²) in [6.07, 6.45) is 6.42. The molecular weight excluding hydrogens is 397 g/mol. The summed E-state index contributed by atoms with van der Waals surface area (Å²) in [5.74, 6) is 0. The van der Waals surface area contributed by atoms with Gasteiger partial charge in [0.25, 0.3) is 0 Å². The maximum Gasteiger partial charge on any atom is 0.0967 e. The maximum atomic E-state index is 9.63. The van der Waals surface area contributed by atoms with Gasteiger partial charge in [-0.25, -0.2) is 12.2 Å². The molecule has 1 aromatic rings. The monoisotopic (exact) mass is 421 g/mol. The predicted octanol–water partition coefficient (Wildman–Crippen LogP) is 3.83. The zero-order valence-electron chi connectivity index (χ0n) is 15.6. The number of rotatable bonds is 3. The molecule has 0 saturated heterocycles. The normalized spacial score (nSPS) is 11.0. The Morgan fingerprint density at radius 3 is 1.30 bits per heavy atom. The number of hydrogen-bond acceptors (Lipinski definition) is 9. The molecule has 0 aromatic carbocycles. The molecule has 27 heavy (non-hydrogen) atoms. The van der Waals surface area contributed by atoms with E-state index in [4.69, 9.17) is 17.0 Å². The molecule has 0 spiro atoms. The quantitative estimate of drug-likeness (QED) is 0.250. The largest absolute Gasteiger partial charge is 0.792 e. The van der Waals surface area contributed by atoms with Crippen molar-refractivity contribution in [3.8, 4) is 0 Å². The van der Waals surface area contributed by atoms with Crippen molar-refractivity contribution < 1.29 is 27.2 Å². The molecular formula is C17H24CoN5O4-3. The summed E-state index contributed by atoms with van der Waals surface area (Å²) in [6, 6.07) is 5.72. The number of pyridine rings is 1. The van der Waals surface area contributed by atoms with E-state index < -0.39 is 0 Å². The van der Waals surface area contributed by atoms with Gasteiger partial charge in [-0.2, -0.15) is 6.58 Å². The summed E-state index contributed by atoms with van der Waals surface area (Å²) in [4.78, 5) is 3.78. The summed E-state index contributed by atoms with van der Waals surface area (Å²) in [5.41, 5.74) is 0.903. The smallest absolute Gasteiger partial charge is 0.0967 e. The van der Waals surface area contributed by atoms with Crippen molar-refractivity contribution in [3.05, 3.63) is 66.3 Å². The molecule has 0 atom stereocenters. The SMILES string of the molecule is CC(=N\[O-])/C(C)=N/O.CC(=N\[O-])/C(C)=N/O.[CH-]=CC=C.[Co].c1ccncc1. The second kappa shape index (κ2) is 25.3. The number of aromatic nitrogens is 1. The Balaban J connectivity index is -0.000000133. The summed E-state index contributed by atoms with van der Waals surface area (Å²) in [7, 11) is 0. The molecule has 9 nitrogen and oxygen atoms in total. The van der Waals surface area contributed by atoms with Gasteiger partial charge in [0.1, 0.15) is 0 Å². The summed E-state index contributed by atoms with van der Waals surface area (Å²) >= 11 is 0. The molecule has 10 heteroatoms. The Kier molecular flexibility index (Phi) is 29.7. The molecule has 0 saturated carbocycles. The standard InChI is InChI=1S/C5H5N.2C4H8N2O2.C4H5.Co/c1-2-4-6-5-3-1;2*1-3(5-7)4(2)6-8;1-3-4-2;/h1-5H;2*7-8H,1-2H3;1,3-4H,2H2;/q;;;-1;/p-2/b;2*5-3+,6-4+;;. The van der Waals surface area contributed by atoms with Crippen LogP contribution in [0.5, 0.6) is 0 Å². The van der Waals surface area contributed by atoms with Gasteiger partial charge in [-0.1, -0.05) is 16.4 Å². The Bertz CT molecular complexity index is 506. The first-order valence-corrected chi connectivity index (χ1v) is 7.08. The van der Waals surface area contributed by atoms with Crippen LogP contribution in [0, 0.1) is 17.0 Å². The Labute approximate surface area is 170 Å². The molecule has 1 radical (unpaired) electrons. The first kappa shape index (κ1) is 31.8. The summed E-state index contributed by atoms with van der Waals surface area (Å²) < 4.78 is 0. The number of oxime groups is 2. The molecule has 153 valence electrons. The number of allylic oxidation sites excluding steroid dienone is 2.